The van der Waals surface area contributed by atoms with E-state index in [1.165, 1.54) is 6.21 Å². The van der Waals surface area contributed by atoms with Gasteiger partial charge in [-0.3, -0.25) is 4.79 Å². The smallest absolute Gasteiger partial charge is 0.277 e. The van der Waals surface area contributed by atoms with Gasteiger partial charge >= 0.3 is 0 Å². The minimum Gasteiger partial charge on any atom is -0.493 e. The number of rotatable bonds is 8. The van der Waals surface area contributed by atoms with Gasteiger partial charge in [0, 0.05) is 10.6 Å². The fourth-order valence-corrected chi connectivity index (χ4v) is 2.11. The maximum Gasteiger partial charge on any atom is 0.277 e. The summed E-state index contributed by atoms with van der Waals surface area (Å²) >= 11 is 5.78. The zero-order chi connectivity index (χ0) is 18.1. The minimum absolute atomic E-state index is 0.157. The first-order chi connectivity index (χ1) is 12.1. The van der Waals surface area contributed by atoms with Crippen molar-refractivity contribution in [1.29, 1.82) is 0 Å². The number of benzene rings is 2. The molecule has 0 aliphatic carbocycles. The van der Waals surface area contributed by atoms with Crippen molar-refractivity contribution in [3.63, 3.8) is 0 Å². The number of carbonyl (C=O) groups excluding carboxylic acids is 1. The number of hydrogen-bond acceptors (Lipinski definition) is 5. The molecule has 0 bridgehead atoms. The van der Waals surface area contributed by atoms with Gasteiger partial charge in [0.2, 0.25) is 0 Å². The molecule has 132 valence electrons. The van der Waals surface area contributed by atoms with Gasteiger partial charge in [-0.2, -0.15) is 5.10 Å². The van der Waals surface area contributed by atoms with Crippen LogP contribution in [-0.2, 0) is 4.79 Å². The molecule has 0 aliphatic heterocycles. The molecule has 0 aliphatic rings. The number of hydrazone groups is 1. The highest BCUT2D eigenvalue weighted by molar-refractivity contribution is 6.30. The molecule has 0 spiro atoms. The molecule has 0 fully saturated rings. The lowest BCUT2D eigenvalue weighted by molar-refractivity contribution is -0.123. The summed E-state index contributed by atoms with van der Waals surface area (Å²) < 4.78 is 16.2. The molecule has 0 aromatic heterocycles. The summed E-state index contributed by atoms with van der Waals surface area (Å²) in [5, 5.41) is 4.53. The molecule has 25 heavy (non-hydrogen) atoms. The molecule has 0 heterocycles. The van der Waals surface area contributed by atoms with E-state index < -0.39 is 0 Å². The van der Waals surface area contributed by atoms with Crippen LogP contribution in [0.1, 0.15) is 12.5 Å². The van der Waals surface area contributed by atoms with Crippen molar-refractivity contribution in [2.24, 2.45) is 5.10 Å². The van der Waals surface area contributed by atoms with E-state index in [-0.39, 0.29) is 12.5 Å². The number of carbonyl (C=O) groups is 1. The highest BCUT2D eigenvalue weighted by atomic mass is 35.5. The third-order valence-corrected chi connectivity index (χ3v) is 3.35. The van der Waals surface area contributed by atoms with Gasteiger partial charge in [0.15, 0.2) is 18.1 Å². The molecule has 0 radical (unpaired) electrons. The van der Waals surface area contributed by atoms with E-state index >= 15 is 0 Å². The van der Waals surface area contributed by atoms with Crippen molar-refractivity contribution < 1.29 is 19.0 Å². The standard InChI is InChI=1S/C18H19ClN2O4/c1-3-24-18-13(5-4-6-16(18)23-2)11-20-21-17(22)12-25-15-9-7-14(19)8-10-15/h4-11H,3,12H2,1-2H3,(H,21,22)/b20-11+. The Morgan fingerprint density at radius 2 is 1.96 bits per heavy atom. The Kier molecular flexibility index (Phi) is 7.10. The Balaban J connectivity index is 1.91. The maximum atomic E-state index is 11.8. The normalized spacial score (nSPS) is 10.5. The van der Waals surface area contributed by atoms with Crippen molar-refractivity contribution in [3.05, 3.63) is 53.1 Å². The summed E-state index contributed by atoms with van der Waals surface area (Å²) in [5.74, 6) is 1.34. The van der Waals surface area contributed by atoms with Gasteiger partial charge in [-0.1, -0.05) is 17.7 Å². The summed E-state index contributed by atoms with van der Waals surface area (Å²) in [7, 11) is 1.56. The summed E-state index contributed by atoms with van der Waals surface area (Å²) in [6.07, 6.45) is 1.49. The minimum atomic E-state index is -0.382. The molecule has 0 atom stereocenters. The van der Waals surface area contributed by atoms with E-state index in [1.807, 2.05) is 19.1 Å². The molecular weight excluding hydrogens is 344 g/mol. The summed E-state index contributed by atoms with van der Waals surface area (Å²) in [6, 6.07) is 12.2. The second-order valence-corrected chi connectivity index (χ2v) is 5.28. The van der Waals surface area contributed by atoms with Crippen molar-refractivity contribution in [1.82, 2.24) is 5.43 Å². The van der Waals surface area contributed by atoms with Crippen LogP contribution in [0.4, 0.5) is 0 Å². The van der Waals surface area contributed by atoms with E-state index in [1.54, 1.807) is 37.4 Å². The summed E-state index contributed by atoms with van der Waals surface area (Å²) in [6.45, 7) is 2.21. The van der Waals surface area contributed by atoms with Crippen LogP contribution in [0.5, 0.6) is 17.2 Å². The van der Waals surface area contributed by atoms with Crippen LogP contribution >= 0.6 is 11.6 Å². The molecule has 2 aromatic carbocycles. The summed E-state index contributed by atoms with van der Waals surface area (Å²) in [5.41, 5.74) is 3.10. The van der Waals surface area contributed by atoms with Gasteiger partial charge in [0.05, 0.1) is 19.9 Å². The molecule has 1 N–H and O–H groups in total. The Hall–Kier alpha value is -2.73. The molecule has 2 aromatic rings. The predicted molar refractivity (Wildman–Crippen MR) is 96.8 cm³/mol. The van der Waals surface area contributed by atoms with Crippen molar-refractivity contribution in [2.75, 3.05) is 20.3 Å². The van der Waals surface area contributed by atoms with Crippen molar-refractivity contribution >= 4 is 23.7 Å². The quantitative estimate of drug-likeness (QED) is 0.578. The van der Waals surface area contributed by atoms with Gasteiger partial charge in [-0.05, 0) is 43.3 Å². The lowest BCUT2D eigenvalue weighted by atomic mass is 10.2. The van der Waals surface area contributed by atoms with Crippen molar-refractivity contribution in [2.45, 2.75) is 6.92 Å². The first-order valence-corrected chi connectivity index (χ1v) is 8.02. The Labute approximate surface area is 151 Å². The molecule has 0 saturated carbocycles. The SMILES string of the molecule is CCOc1c(/C=N/NC(=O)COc2ccc(Cl)cc2)cccc1OC. The highest BCUT2D eigenvalue weighted by Crippen LogP contribution is 2.29. The fraction of sp³-hybridized carbons (Fsp3) is 0.222. The van der Waals surface area contributed by atoms with Gasteiger partial charge in [-0.25, -0.2) is 5.43 Å². The second kappa shape index (κ2) is 9.54. The molecule has 2 rings (SSSR count). The van der Waals surface area contributed by atoms with Gasteiger partial charge in [-0.15, -0.1) is 0 Å². The average molecular weight is 363 g/mol. The third kappa shape index (κ3) is 5.69. The van der Waals surface area contributed by atoms with Crippen LogP contribution in [0.3, 0.4) is 0 Å². The number of nitrogens with zero attached hydrogens (tertiary/aromatic N) is 1. The topological polar surface area (TPSA) is 69.2 Å². The lowest BCUT2D eigenvalue weighted by Gasteiger charge is -2.11. The molecule has 0 unspecified atom stereocenters. The Morgan fingerprint density at radius 3 is 2.64 bits per heavy atom. The number of methoxy groups -OCH3 is 1. The van der Waals surface area contributed by atoms with E-state index in [0.29, 0.717) is 34.4 Å². The third-order valence-electron chi connectivity index (χ3n) is 3.09. The number of amides is 1. The van der Waals surface area contributed by atoms with E-state index in [2.05, 4.69) is 10.5 Å². The van der Waals surface area contributed by atoms with Gasteiger partial charge in [0.1, 0.15) is 5.75 Å². The first kappa shape index (κ1) is 18.6. The molecule has 6 nitrogen and oxygen atoms in total. The van der Waals surface area contributed by atoms with E-state index in [0.717, 1.165) is 0 Å². The van der Waals surface area contributed by atoms with Crippen LogP contribution in [0.2, 0.25) is 5.02 Å². The Bertz CT molecular complexity index is 732. The first-order valence-electron chi connectivity index (χ1n) is 7.64. The van der Waals surface area contributed by atoms with Crippen molar-refractivity contribution in [3.8, 4) is 17.2 Å². The van der Waals surface area contributed by atoms with Crippen LogP contribution in [0.15, 0.2) is 47.6 Å². The zero-order valence-corrected chi connectivity index (χ0v) is 14.7. The number of para-hydroxylation sites is 1. The monoisotopic (exact) mass is 362 g/mol. The zero-order valence-electron chi connectivity index (χ0n) is 14.0. The predicted octanol–water partition coefficient (Wildman–Crippen LogP) is 3.28. The lowest BCUT2D eigenvalue weighted by Crippen LogP contribution is -2.24. The highest BCUT2D eigenvalue weighted by Gasteiger charge is 2.08. The number of halogens is 1. The largest absolute Gasteiger partial charge is 0.493 e. The van der Waals surface area contributed by atoms with Crippen LogP contribution < -0.4 is 19.6 Å². The Morgan fingerprint density at radius 1 is 1.20 bits per heavy atom. The number of hydrogen-bond donors (Lipinski definition) is 1. The molecular formula is C18H19ClN2O4. The van der Waals surface area contributed by atoms with E-state index in [4.69, 9.17) is 25.8 Å². The number of ether oxygens (including phenoxy) is 3. The van der Waals surface area contributed by atoms with Crippen LogP contribution in [0.25, 0.3) is 0 Å². The van der Waals surface area contributed by atoms with E-state index in [9.17, 15) is 4.79 Å². The van der Waals surface area contributed by atoms with Crippen LogP contribution in [-0.4, -0.2) is 32.4 Å². The average Bonchev–Trinajstić information content (AvgIpc) is 2.62. The summed E-state index contributed by atoms with van der Waals surface area (Å²) in [4.78, 5) is 11.8. The second-order valence-electron chi connectivity index (χ2n) is 4.85. The number of nitrogens with one attached hydrogen (secondary N) is 1. The molecule has 1 amide bonds. The van der Waals surface area contributed by atoms with Gasteiger partial charge in [0.25, 0.3) is 5.91 Å². The maximum absolute atomic E-state index is 11.8. The van der Waals surface area contributed by atoms with Gasteiger partial charge < -0.3 is 14.2 Å². The molecule has 7 heteroatoms. The van der Waals surface area contributed by atoms with Crippen LogP contribution in [0, 0.1) is 0 Å². The molecule has 0 saturated heterocycles. The fourth-order valence-electron chi connectivity index (χ4n) is 1.98.